The molecule has 2 saturated heterocycles. The molecule has 0 aromatic heterocycles. The molecule has 0 saturated carbocycles. The van der Waals surface area contributed by atoms with E-state index in [-0.39, 0.29) is 24.0 Å². The molecule has 2 rings (SSSR count). The van der Waals surface area contributed by atoms with Gasteiger partial charge in [0.05, 0.1) is 19.8 Å². The van der Waals surface area contributed by atoms with Crippen LogP contribution in [0.4, 0.5) is 0 Å². The minimum Gasteiger partial charge on any atom is -0.379 e. The summed E-state index contributed by atoms with van der Waals surface area (Å²) in [5.74, 6) is 1.85. The molecule has 2 fully saturated rings. The summed E-state index contributed by atoms with van der Waals surface area (Å²) in [6.45, 7) is 16.8. The fraction of sp³-hybridized carbons (Fsp3) is 0.944. The summed E-state index contributed by atoms with van der Waals surface area (Å²) < 4.78 is 5.42. The number of ether oxygens (including phenoxy) is 1. The van der Waals surface area contributed by atoms with Crippen LogP contribution in [0.15, 0.2) is 4.99 Å². The van der Waals surface area contributed by atoms with E-state index in [1.807, 2.05) is 0 Å². The lowest BCUT2D eigenvalue weighted by atomic mass is 9.99. The van der Waals surface area contributed by atoms with Crippen molar-refractivity contribution in [1.29, 1.82) is 0 Å². The number of morpholine rings is 1. The Bertz CT molecular complexity index is 368. The van der Waals surface area contributed by atoms with E-state index in [2.05, 4.69) is 41.2 Å². The van der Waals surface area contributed by atoms with Crippen LogP contribution in [0.5, 0.6) is 0 Å². The number of likely N-dealkylation sites (tertiary alicyclic amines) is 1. The van der Waals surface area contributed by atoms with Gasteiger partial charge >= 0.3 is 0 Å². The highest BCUT2D eigenvalue weighted by atomic mass is 127. The SMILES string of the molecule is CCNC(=NCC(C)N1CCOCC1)NCCN1CCC(C)CC1.I. The number of halogens is 1. The Hall–Kier alpha value is -0.120. The van der Waals surface area contributed by atoms with E-state index in [1.54, 1.807) is 0 Å². The van der Waals surface area contributed by atoms with Gasteiger partial charge in [0.2, 0.25) is 0 Å². The van der Waals surface area contributed by atoms with Crippen LogP contribution < -0.4 is 10.6 Å². The molecule has 2 aliphatic heterocycles. The Labute approximate surface area is 171 Å². The lowest BCUT2D eigenvalue weighted by Crippen LogP contribution is -2.45. The van der Waals surface area contributed by atoms with Gasteiger partial charge in [-0.1, -0.05) is 6.92 Å². The standard InChI is InChI=1S/C18H37N5O.HI/c1-4-19-18(20-7-10-22-8-5-16(2)6-9-22)21-15-17(3)23-11-13-24-14-12-23;/h16-17H,4-15H2,1-3H3,(H2,19,20,21);1H. The highest BCUT2D eigenvalue weighted by molar-refractivity contribution is 14.0. The maximum absolute atomic E-state index is 5.42. The first-order valence-corrected chi connectivity index (χ1v) is 9.75. The van der Waals surface area contributed by atoms with E-state index in [4.69, 9.17) is 9.73 Å². The van der Waals surface area contributed by atoms with Gasteiger partial charge in [-0.15, -0.1) is 24.0 Å². The first kappa shape index (κ1) is 22.9. The minimum absolute atomic E-state index is 0. The van der Waals surface area contributed by atoms with Crippen molar-refractivity contribution in [3.63, 3.8) is 0 Å². The van der Waals surface area contributed by atoms with Crippen molar-refractivity contribution in [2.24, 2.45) is 10.9 Å². The molecule has 7 heteroatoms. The van der Waals surface area contributed by atoms with Crippen molar-refractivity contribution in [1.82, 2.24) is 20.4 Å². The number of hydrogen-bond acceptors (Lipinski definition) is 4. The topological polar surface area (TPSA) is 52.1 Å². The largest absolute Gasteiger partial charge is 0.379 e. The number of nitrogens with zero attached hydrogens (tertiary/aromatic N) is 3. The molecule has 148 valence electrons. The third-order valence-corrected chi connectivity index (χ3v) is 5.12. The second kappa shape index (κ2) is 13.1. The van der Waals surface area contributed by atoms with E-state index < -0.39 is 0 Å². The van der Waals surface area contributed by atoms with Gasteiger partial charge < -0.3 is 20.3 Å². The molecule has 0 amide bonds. The maximum atomic E-state index is 5.42. The van der Waals surface area contributed by atoms with Crippen LogP contribution in [0.2, 0.25) is 0 Å². The molecule has 1 atom stereocenters. The highest BCUT2D eigenvalue weighted by Gasteiger charge is 2.17. The third-order valence-electron chi connectivity index (χ3n) is 5.12. The van der Waals surface area contributed by atoms with Crippen LogP contribution in [0.25, 0.3) is 0 Å². The van der Waals surface area contributed by atoms with Crippen LogP contribution >= 0.6 is 24.0 Å². The fourth-order valence-corrected chi connectivity index (χ4v) is 3.32. The smallest absolute Gasteiger partial charge is 0.191 e. The summed E-state index contributed by atoms with van der Waals surface area (Å²) in [5, 5.41) is 6.85. The Morgan fingerprint density at radius 1 is 1.16 bits per heavy atom. The van der Waals surface area contributed by atoms with Crippen LogP contribution in [0.3, 0.4) is 0 Å². The van der Waals surface area contributed by atoms with Crippen LogP contribution in [-0.4, -0.2) is 87.4 Å². The Morgan fingerprint density at radius 3 is 2.48 bits per heavy atom. The fourth-order valence-electron chi connectivity index (χ4n) is 3.32. The third kappa shape index (κ3) is 8.88. The molecule has 1 unspecified atom stereocenters. The molecule has 0 radical (unpaired) electrons. The number of guanidine groups is 1. The zero-order valence-electron chi connectivity index (χ0n) is 16.3. The molecule has 0 aromatic rings. The molecule has 0 aliphatic carbocycles. The Kier molecular flexibility index (Phi) is 12.0. The second-order valence-electron chi connectivity index (χ2n) is 7.17. The first-order chi connectivity index (χ1) is 11.7. The molecule has 2 aliphatic rings. The minimum atomic E-state index is 0. The molecule has 0 bridgehead atoms. The summed E-state index contributed by atoms with van der Waals surface area (Å²) in [6, 6.07) is 0.466. The Morgan fingerprint density at radius 2 is 1.84 bits per heavy atom. The van der Waals surface area contributed by atoms with Gasteiger partial charge in [-0.25, -0.2) is 0 Å². The molecule has 2 heterocycles. The normalized spacial score (nSPS) is 22.3. The first-order valence-electron chi connectivity index (χ1n) is 9.75. The maximum Gasteiger partial charge on any atom is 0.191 e. The average molecular weight is 467 g/mol. The average Bonchev–Trinajstić information content (AvgIpc) is 2.62. The van der Waals surface area contributed by atoms with Gasteiger partial charge in [0.1, 0.15) is 0 Å². The van der Waals surface area contributed by atoms with Gasteiger partial charge in [-0.3, -0.25) is 9.89 Å². The van der Waals surface area contributed by atoms with Crippen LogP contribution in [-0.2, 0) is 4.74 Å². The molecular weight excluding hydrogens is 429 g/mol. The number of aliphatic imine (C=N–C) groups is 1. The van der Waals surface area contributed by atoms with Gasteiger partial charge in [0.25, 0.3) is 0 Å². The Balaban J connectivity index is 0.00000312. The van der Waals surface area contributed by atoms with Crippen molar-refractivity contribution in [3.8, 4) is 0 Å². The molecule has 0 aromatic carbocycles. The van der Waals surface area contributed by atoms with Crippen LogP contribution in [0.1, 0.15) is 33.6 Å². The summed E-state index contributed by atoms with van der Waals surface area (Å²) in [4.78, 5) is 9.80. The molecule has 25 heavy (non-hydrogen) atoms. The van der Waals surface area contributed by atoms with Gasteiger partial charge in [-0.2, -0.15) is 0 Å². The van der Waals surface area contributed by atoms with Gasteiger partial charge in [-0.05, 0) is 45.7 Å². The lowest BCUT2D eigenvalue weighted by molar-refractivity contribution is 0.0220. The van der Waals surface area contributed by atoms with Crippen molar-refractivity contribution in [2.75, 3.05) is 65.6 Å². The quantitative estimate of drug-likeness (QED) is 0.339. The predicted octanol–water partition coefficient (Wildman–Crippen LogP) is 1.61. The van der Waals surface area contributed by atoms with E-state index in [0.717, 1.165) is 64.4 Å². The summed E-state index contributed by atoms with van der Waals surface area (Å²) in [5.41, 5.74) is 0. The molecule has 2 N–H and O–H groups in total. The number of rotatable bonds is 7. The molecule has 0 spiro atoms. The highest BCUT2D eigenvalue weighted by Crippen LogP contribution is 2.15. The summed E-state index contributed by atoms with van der Waals surface area (Å²) in [7, 11) is 0. The zero-order valence-corrected chi connectivity index (χ0v) is 18.6. The van der Waals surface area contributed by atoms with E-state index >= 15 is 0 Å². The zero-order chi connectivity index (χ0) is 17.2. The predicted molar refractivity (Wildman–Crippen MR) is 116 cm³/mol. The van der Waals surface area contributed by atoms with E-state index in [9.17, 15) is 0 Å². The van der Waals surface area contributed by atoms with Crippen molar-refractivity contribution >= 4 is 29.9 Å². The van der Waals surface area contributed by atoms with Crippen molar-refractivity contribution in [2.45, 2.75) is 39.7 Å². The van der Waals surface area contributed by atoms with E-state index in [0.29, 0.717) is 6.04 Å². The number of nitrogens with one attached hydrogen (secondary N) is 2. The van der Waals surface area contributed by atoms with Gasteiger partial charge in [0.15, 0.2) is 5.96 Å². The van der Waals surface area contributed by atoms with E-state index in [1.165, 1.54) is 25.9 Å². The molecular formula is C18H38IN5O. The number of hydrogen-bond donors (Lipinski definition) is 2. The van der Waals surface area contributed by atoms with Crippen molar-refractivity contribution in [3.05, 3.63) is 0 Å². The number of piperidine rings is 1. The monoisotopic (exact) mass is 467 g/mol. The molecule has 6 nitrogen and oxygen atoms in total. The lowest BCUT2D eigenvalue weighted by Gasteiger charge is -2.31. The van der Waals surface area contributed by atoms with Crippen LogP contribution in [0, 0.1) is 5.92 Å². The second-order valence-corrected chi connectivity index (χ2v) is 7.17. The van der Waals surface area contributed by atoms with Gasteiger partial charge in [0, 0.05) is 38.8 Å². The van der Waals surface area contributed by atoms with Crippen molar-refractivity contribution < 1.29 is 4.74 Å². The summed E-state index contributed by atoms with van der Waals surface area (Å²) >= 11 is 0. The summed E-state index contributed by atoms with van der Waals surface area (Å²) in [6.07, 6.45) is 2.68.